The highest BCUT2D eigenvalue weighted by Gasteiger charge is 2.43. The monoisotopic (exact) mass is 390 g/mol. The molecule has 0 spiro atoms. The Hall–Kier alpha value is -0.680. The van der Waals surface area contributed by atoms with Gasteiger partial charge in [-0.15, -0.1) is 5.10 Å². The average Bonchev–Trinajstić information content (AvgIpc) is 2.68. The van der Waals surface area contributed by atoms with Crippen molar-refractivity contribution in [1.29, 1.82) is 0 Å². The van der Waals surface area contributed by atoms with Crippen molar-refractivity contribution in [3.05, 3.63) is 4.60 Å². The molecule has 0 amide bonds. The molecule has 1 N–H and O–H groups in total. The normalized spacial score (nSPS) is 24.2. The fourth-order valence-corrected chi connectivity index (χ4v) is 4.86. The van der Waals surface area contributed by atoms with E-state index in [-0.39, 0.29) is 22.5 Å². The molecule has 11 heteroatoms. The van der Waals surface area contributed by atoms with E-state index in [0.29, 0.717) is 12.8 Å². The largest absolute Gasteiger partial charge is 0.391 e. The van der Waals surface area contributed by atoms with Crippen LogP contribution in [0.3, 0.4) is 0 Å². The van der Waals surface area contributed by atoms with Crippen LogP contribution in [0.4, 0.5) is 13.2 Å². The summed E-state index contributed by atoms with van der Waals surface area (Å²) in [4.78, 5) is 0. The molecule has 1 aliphatic carbocycles. The van der Waals surface area contributed by atoms with Gasteiger partial charge in [-0.05, 0) is 35.2 Å². The minimum absolute atomic E-state index is 0.0284. The van der Waals surface area contributed by atoms with Crippen LogP contribution in [-0.4, -0.2) is 35.6 Å². The lowest BCUT2D eigenvalue weighted by Crippen LogP contribution is -2.42. The van der Waals surface area contributed by atoms with Crippen LogP contribution in [-0.2, 0) is 17.1 Å². The zero-order chi connectivity index (χ0) is 15.8. The van der Waals surface area contributed by atoms with Gasteiger partial charge in [-0.25, -0.2) is 17.8 Å². The molecule has 0 radical (unpaired) electrons. The first-order valence-corrected chi connectivity index (χ1v) is 8.53. The lowest BCUT2D eigenvalue weighted by atomic mass is 9.86. The summed E-state index contributed by atoms with van der Waals surface area (Å²) in [5.74, 6) is -1.47. The zero-order valence-electron chi connectivity index (χ0n) is 11.1. The van der Waals surface area contributed by atoms with E-state index >= 15 is 0 Å². The smallest absolute Gasteiger partial charge is 0.235 e. The van der Waals surface area contributed by atoms with Crippen LogP contribution in [0.15, 0.2) is 9.63 Å². The van der Waals surface area contributed by atoms with Crippen molar-refractivity contribution < 1.29 is 21.6 Å². The van der Waals surface area contributed by atoms with E-state index in [9.17, 15) is 21.6 Å². The fourth-order valence-electron chi connectivity index (χ4n) is 2.48. The van der Waals surface area contributed by atoms with E-state index in [4.69, 9.17) is 0 Å². The van der Waals surface area contributed by atoms with Crippen molar-refractivity contribution in [2.24, 2.45) is 13.0 Å². The van der Waals surface area contributed by atoms with Crippen molar-refractivity contribution in [2.45, 2.75) is 42.9 Å². The summed E-state index contributed by atoms with van der Waals surface area (Å²) in [6.07, 6.45) is -3.78. The summed E-state index contributed by atoms with van der Waals surface area (Å²) in [6, 6.07) is -0.739. The van der Waals surface area contributed by atoms with Crippen LogP contribution in [0.1, 0.15) is 25.7 Å². The molecule has 2 unspecified atom stereocenters. The van der Waals surface area contributed by atoms with Crippen molar-refractivity contribution in [3.63, 3.8) is 0 Å². The molecule has 2 rings (SSSR count). The van der Waals surface area contributed by atoms with Crippen molar-refractivity contribution in [2.75, 3.05) is 0 Å². The predicted molar refractivity (Wildman–Crippen MR) is 70.8 cm³/mol. The van der Waals surface area contributed by atoms with Crippen LogP contribution < -0.4 is 4.72 Å². The summed E-state index contributed by atoms with van der Waals surface area (Å²) in [5.41, 5.74) is 0. The highest BCUT2D eigenvalue weighted by Crippen LogP contribution is 2.37. The van der Waals surface area contributed by atoms with Crippen LogP contribution in [0.2, 0.25) is 0 Å². The third-order valence-corrected chi connectivity index (χ3v) is 5.86. The van der Waals surface area contributed by atoms with Crippen LogP contribution in [0.5, 0.6) is 0 Å². The third kappa shape index (κ3) is 3.75. The molecule has 21 heavy (non-hydrogen) atoms. The maximum Gasteiger partial charge on any atom is 0.391 e. The first-order valence-electron chi connectivity index (χ1n) is 6.25. The van der Waals surface area contributed by atoms with Crippen molar-refractivity contribution in [3.8, 4) is 0 Å². The number of halogens is 4. The number of hydrogen-bond donors (Lipinski definition) is 1. The van der Waals surface area contributed by atoms with Crippen LogP contribution in [0.25, 0.3) is 0 Å². The summed E-state index contributed by atoms with van der Waals surface area (Å²) in [6.45, 7) is 0. The van der Waals surface area contributed by atoms with Gasteiger partial charge >= 0.3 is 6.18 Å². The first kappa shape index (κ1) is 16.7. The van der Waals surface area contributed by atoms with Gasteiger partial charge in [0, 0.05) is 13.1 Å². The molecule has 120 valence electrons. The Balaban J connectivity index is 2.14. The molecule has 1 fully saturated rings. The molecule has 1 aromatic heterocycles. The Kier molecular flexibility index (Phi) is 4.64. The van der Waals surface area contributed by atoms with Gasteiger partial charge < -0.3 is 0 Å². The Morgan fingerprint density at radius 3 is 2.57 bits per heavy atom. The number of aromatic nitrogens is 3. The number of nitrogens with zero attached hydrogens (tertiary/aromatic N) is 3. The molecular formula is C10H14BrF3N4O2S. The second-order valence-electron chi connectivity index (χ2n) is 5.03. The number of alkyl halides is 3. The molecule has 1 saturated carbocycles. The standard InChI is InChI=1S/C10H14BrF3N4O2S/c1-18-9(8(11)15-17-18)21(19,20)16-7-4-2-3-6(5-7)10(12,13)14/h6-7,16H,2-5H2,1H3. The fraction of sp³-hybridized carbons (Fsp3) is 0.800. The summed E-state index contributed by atoms with van der Waals surface area (Å²) < 4.78 is 66.1. The number of nitrogens with one attached hydrogen (secondary N) is 1. The molecule has 0 saturated heterocycles. The van der Waals surface area contributed by atoms with E-state index in [1.165, 1.54) is 7.05 Å². The minimum atomic E-state index is -4.29. The van der Waals surface area contributed by atoms with E-state index in [1.807, 2.05) is 0 Å². The average molecular weight is 391 g/mol. The van der Waals surface area contributed by atoms with E-state index in [2.05, 4.69) is 31.0 Å². The van der Waals surface area contributed by atoms with Gasteiger partial charge in [0.05, 0.1) is 5.92 Å². The first-order chi connectivity index (χ1) is 9.61. The zero-order valence-corrected chi connectivity index (χ0v) is 13.5. The third-order valence-electron chi connectivity index (χ3n) is 3.45. The van der Waals surface area contributed by atoms with Crippen molar-refractivity contribution in [1.82, 2.24) is 19.7 Å². The Bertz CT molecular complexity index is 597. The van der Waals surface area contributed by atoms with Gasteiger partial charge in [0.1, 0.15) is 0 Å². The molecule has 0 bridgehead atoms. The molecule has 1 aliphatic rings. The molecule has 6 nitrogen and oxygen atoms in total. The van der Waals surface area contributed by atoms with Gasteiger partial charge in [0.15, 0.2) is 4.60 Å². The predicted octanol–water partition coefficient (Wildman–Crippen LogP) is 1.98. The maximum atomic E-state index is 12.7. The summed E-state index contributed by atoms with van der Waals surface area (Å²) >= 11 is 2.97. The lowest BCUT2D eigenvalue weighted by Gasteiger charge is -2.30. The SMILES string of the molecule is Cn1nnc(Br)c1S(=O)(=O)NC1CCCC(C(F)(F)F)C1. The topological polar surface area (TPSA) is 76.9 Å². The molecular weight excluding hydrogens is 377 g/mol. The van der Waals surface area contributed by atoms with Crippen molar-refractivity contribution >= 4 is 26.0 Å². The molecule has 1 aromatic rings. The summed E-state index contributed by atoms with van der Waals surface area (Å²) in [5, 5.41) is 6.91. The molecule has 2 atom stereocenters. The second-order valence-corrected chi connectivity index (χ2v) is 7.41. The number of aryl methyl sites for hydroxylation is 1. The molecule has 1 heterocycles. The maximum absolute atomic E-state index is 12.7. The minimum Gasteiger partial charge on any atom is -0.235 e. The quantitative estimate of drug-likeness (QED) is 0.855. The number of rotatable bonds is 3. The Morgan fingerprint density at radius 1 is 1.38 bits per heavy atom. The van der Waals surface area contributed by atoms with E-state index in [1.54, 1.807) is 0 Å². The van der Waals surface area contributed by atoms with Gasteiger partial charge in [0.2, 0.25) is 5.03 Å². The van der Waals surface area contributed by atoms with Crippen LogP contribution >= 0.6 is 15.9 Å². The number of hydrogen-bond acceptors (Lipinski definition) is 4. The second kappa shape index (κ2) is 5.84. The lowest BCUT2D eigenvalue weighted by molar-refractivity contribution is -0.183. The van der Waals surface area contributed by atoms with Gasteiger partial charge in [0.25, 0.3) is 10.0 Å². The Labute approximate surface area is 128 Å². The van der Waals surface area contributed by atoms with Gasteiger partial charge in [-0.1, -0.05) is 11.6 Å². The molecule has 0 aliphatic heterocycles. The highest BCUT2D eigenvalue weighted by molar-refractivity contribution is 9.10. The van der Waals surface area contributed by atoms with Gasteiger partial charge in [-0.2, -0.15) is 13.2 Å². The van der Waals surface area contributed by atoms with E-state index in [0.717, 1.165) is 4.68 Å². The summed E-state index contributed by atoms with van der Waals surface area (Å²) in [7, 11) is -2.58. The molecule has 0 aromatic carbocycles. The van der Waals surface area contributed by atoms with E-state index < -0.39 is 28.2 Å². The van der Waals surface area contributed by atoms with Gasteiger partial charge in [-0.3, -0.25) is 0 Å². The highest BCUT2D eigenvalue weighted by atomic mass is 79.9. The number of sulfonamides is 1. The Morgan fingerprint density at radius 2 is 2.05 bits per heavy atom. The van der Waals surface area contributed by atoms with Crippen LogP contribution in [0, 0.1) is 5.92 Å².